The molecule has 11 heavy (non-hydrogen) atoms. The molecular formula is C7H7FO2S. The lowest BCUT2D eigenvalue weighted by atomic mass is 10.2. The van der Waals surface area contributed by atoms with Crippen molar-refractivity contribution in [2.75, 3.05) is 0 Å². The zero-order chi connectivity index (χ0) is 8.27. The van der Waals surface area contributed by atoms with Gasteiger partial charge < -0.3 is 4.55 Å². The minimum absolute atomic E-state index is 0.294. The van der Waals surface area contributed by atoms with Gasteiger partial charge in [-0.25, -0.2) is 8.60 Å². The van der Waals surface area contributed by atoms with Crippen molar-refractivity contribution in [3.8, 4) is 0 Å². The molecule has 1 aromatic carbocycles. The molecule has 60 valence electrons. The van der Waals surface area contributed by atoms with Gasteiger partial charge in [0.25, 0.3) is 0 Å². The van der Waals surface area contributed by atoms with Crippen LogP contribution >= 0.6 is 0 Å². The highest BCUT2D eigenvalue weighted by atomic mass is 32.2. The summed E-state index contributed by atoms with van der Waals surface area (Å²) in [4.78, 5) is 0.294. The van der Waals surface area contributed by atoms with Crippen molar-refractivity contribution < 1.29 is 13.2 Å². The Bertz CT molecular complexity index is 258. The van der Waals surface area contributed by atoms with Crippen LogP contribution in [0.15, 0.2) is 29.2 Å². The van der Waals surface area contributed by atoms with Crippen LogP contribution in [0.5, 0.6) is 0 Å². The fourth-order valence-corrected chi connectivity index (χ4v) is 1.06. The lowest BCUT2D eigenvalue weighted by molar-refractivity contribution is 0.485. The maximum atomic E-state index is 11.9. The number of benzene rings is 1. The van der Waals surface area contributed by atoms with Gasteiger partial charge in [-0.05, 0) is 17.7 Å². The van der Waals surface area contributed by atoms with Crippen molar-refractivity contribution in [2.45, 2.75) is 11.6 Å². The van der Waals surface area contributed by atoms with E-state index >= 15 is 0 Å². The molecule has 0 aliphatic rings. The molecule has 1 aromatic rings. The van der Waals surface area contributed by atoms with E-state index < -0.39 is 17.8 Å². The van der Waals surface area contributed by atoms with E-state index in [4.69, 9.17) is 4.55 Å². The van der Waals surface area contributed by atoms with Gasteiger partial charge >= 0.3 is 0 Å². The molecular weight excluding hydrogens is 167 g/mol. The third-order valence-corrected chi connectivity index (χ3v) is 1.95. The molecule has 1 N–H and O–H groups in total. The van der Waals surface area contributed by atoms with E-state index in [1.165, 1.54) is 24.3 Å². The largest absolute Gasteiger partial charge is 0.302 e. The van der Waals surface area contributed by atoms with Crippen molar-refractivity contribution in [1.29, 1.82) is 0 Å². The summed E-state index contributed by atoms with van der Waals surface area (Å²) >= 11 is -1.96. The molecule has 0 spiro atoms. The predicted octanol–water partition coefficient (Wildman–Crippen LogP) is 1.74. The first-order valence-electron chi connectivity index (χ1n) is 3.00. The Morgan fingerprint density at radius 1 is 1.36 bits per heavy atom. The number of alkyl halides is 1. The van der Waals surface area contributed by atoms with Crippen molar-refractivity contribution in [1.82, 2.24) is 0 Å². The smallest absolute Gasteiger partial charge is 0.186 e. The first kappa shape index (κ1) is 8.36. The molecule has 2 nitrogen and oxygen atoms in total. The summed E-state index contributed by atoms with van der Waals surface area (Å²) in [5, 5.41) is 0. The topological polar surface area (TPSA) is 37.3 Å². The van der Waals surface area contributed by atoms with Crippen molar-refractivity contribution in [3.63, 3.8) is 0 Å². The van der Waals surface area contributed by atoms with Gasteiger partial charge in [-0.1, -0.05) is 12.1 Å². The first-order valence-corrected chi connectivity index (χ1v) is 4.10. The van der Waals surface area contributed by atoms with E-state index in [1.54, 1.807) is 0 Å². The zero-order valence-corrected chi connectivity index (χ0v) is 6.47. The van der Waals surface area contributed by atoms with Crippen LogP contribution in [0.3, 0.4) is 0 Å². The number of hydrogen-bond donors (Lipinski definition) is 1. The Morgan fingerprint density at radius 2 is 1.91 bits per heavy atom. The normalized spacial score (nSPS) is 12.9. The Morgan fingerprint density at radius 3 is 2.27 bits per heavy atom. The fraction of sp³-hybridized carbons (Fsp3) is 0.143. The minimum atomic E-state index is -1.96. The van der Waals surface area contributed by atoms with Crippen molar-refractivity contribution in [2.24, 2.45) is 0 Å². The van der Waals surface area contributed by atoms with Crippen LogP contribution in [0.25, 0.3) is 0 Å². The maximum Gasteiger partial charge on any atom is 0.186 e. The highest BCUT2D eigenvalue weighted by Gasteiger charge is 1.97. The summed E-state index contributed by atoms with van der Waals surface area (Å²) in [5.74, 6) is 0. The van der Waals surface area contributed by atoms with E-state index in [0.29, 0.717) is 10.5 Å². The monoisotopic (exact) mass is 174 g/mol. The fourth-order valence-electron chi connectivity index (χ4n) is 0.695. The van der Waals surface area contributed by atoms with Gasteiger partial charge in [-0.2, -0.15) is 0 Å². The molecule has 1 unspecified atom stereocenters. The third kappa shape index (κ3) is 2.10. The van der Waals surface area contributed by atoms with Crippen LogP contribution in [0, 0.1) is 0 Å². The second kappa shape index (κ2) is 3.59. The van der Waals surface area contributed by atoms with E-state index in [2.05, 4.69) is 0 Å². The molecule has 0 bridgehead atoms. The van der Waals surface area contributed by atoms with Gasteiger partial charge in [0.2, 0.25) is 0 Å². The Kier molecular flexibility index (Phi) is 2.73. The molecule has 0 fully saturated rings. The molecule has 0 aromatic heterocycles. The van der Waals surface area contributed by atoms with E-state index in [9.17, 15) is 8.60 Å². The molecule has 0 radical (unpaired) electrons. The Labute approximate surface area is 66.3 Å². The predicted molar refractivity (Wildman–Crippen MR) is 40.3 cm³/mol. The van der Waals surface area contributed by atoms with Crippen LogP contribution in [0.4, 0.5) is 4.39 Å². The van der Waals surface area contributed by atoms with Crippen molar-refractivity contribution in [3.05, 3.63) is 29.8 Å². The number of rotatable bonds is 2. The maximum absolute atomic E-state index is 11.9. The van der Waals surface area contributed by atoms with E-state index in [-0.39, 0.29) is 0 Å². The summed E-state index contributed by atoms with van der Waals surface area (Å²) in [6.45, 7) is -0.543. The number of hydrogen-bond acceptors (Lipinski definition) is 1. The van der Waals surface area contributed by atoms with E-state index in [0.717, 1.165) is 0 Å². The van der Waals surface area contributed by atoms with Gasteiger partial charge in [0, 0.05) is 0 Å². The van der Waals surface area contributed by atoms with Crippen LogP contribution in [-0.2, 0) is 17.8 Å². The van der Waals surface area contributed by atoms with Gasteiger partial charge in [0.15, 0.2) is 11.1 Å². The molecule has 4 heteroatoms. The summed E-state index contributed by atoms with van der Waals surface area (Å²) in [5.41, 5.74) is 0.513. The summed E-state index contributed by atoms with van der Waals surface area (Å²) in [6, 6.07) is 5.85. The van der Waals surface area contributed by atoms with Gasteiger partial charge in [-0.3, -0.25) is 0 Å². The van der Waals surface area contributed by atoms with Gasteiger partial charge in [0.1, 0.15) is 6.67 Å². The highest BCUT2D eigenvalue weighted by molar-refractivity contribution is 7.79. The standard InChI is InChI=1S/C7H7FO2S/c8-5-6-1-3-7(4-2-6)11(9)10/h1-4H,5H2,(H,9,10). The Hall–Kier alpha value is -0.740. The minimum Gasteiger partial charge on any atom is -0.302 e. The van der Waals surface area contributed by atoms with Crippen LogP contribution < -0.4 is 0 Å². The third-order valence-electron chi connectivity index (χ3n) is 1.28. The molecule has 0 heterocycles. The van der Waals surface area contributed by atoms with Crippen LogP contribution in [0.1, 0.15) is 5.56 Å². The summed E-state index contributed by atoms with van der Waals surface area (Å²) in [6.07, 6.45) is 0. The van der Waals surface area contributed by atoms with Crippen molar-refractivity contribution >= 4 is 11.1 Å². The van der Waals surface area contributed by atoms with Crippen LogP contribution in [-0.4, -0.2) is 8.76 Å². The Balaban J connectivity index is 2.91. The lowest BCUT2D eigenvalue weighted by Gasteiger charge is -1.95. The number of halogens is 1. The van der Waals surface area contributed by atoms with Gasteiger partial charge in [-0.15, -0.1) is 0 Å². The molecule has 0 amide bonds. The second-order valence-corrected chi connectivity index (χ2v) is 3.00. The summed E-state index contributed by atoms with van der Waals surface area (Å²) < 4.78 is 30.9. The van der Waals surface area contributed by atoms with E-state index in [1.807, 2.05) is 0 Å². The quantitative estimate of drug-likeness (QED) is 0.693. The zero-order valence-electron chi connectivity index (χ0n) is 5.66. The molecule has 0 aliphatic heterocycles. The molecule has 1 atom stereocenters. The second-order valence-electron chi connectivity index (χ2n) is 2.03. The average Bonchev–Trinajstić information content (AvgIpc) is 2.05. The summed E-state index contributed by atoms with van der Waals surface area (Å²) in [7, 11) is 0. The SMILES string of the molecule is O=S(O)c1ccc(CF)cc1. The highest BCUT2D eigenvalue weighted by Crippen LogP contribution is 2.07. The molecule has 0 saturated heterocycles. The van der Waals surface area contributed by atoms with Gasteiger partial charge in [0.05, 0.1) is 4.90 Å². The lowest BCUT2D eigenvalue weighted by Crippen LogP contribution is -1.87. The molecule has 0 aliphatic carbocycles. The average molecular weight is 174 g/mol. The molecule has 0 saturated carbocycles. The molecule has 1 rings (SSSR count). The van der Waals surface area contributed by atoms with Crippen LogP contribution in [0.2, 0.25) is 0 Å². The first-order chi connectivity index (χ1) is 5.24.